The maximum atomic E-state index is 12.5. The molecule has 1 aromatic rings. The van der Waals surface area contributed by atoms with Gasteiger partial charge in [0.05, 0.1) is 29.5 Å². The molecule has 246 valence electrons. The van der Waals surface area contributed by atoms with Crippen LogP contribution in [0.4, 0.5) is 0 Å². The van der Waals surface area contributed by atoms with Gasteiger partial charge in [0.2, 0.25) is 0 Å². The van der Waals surface area contributed by atoms with E-state index in [9.17, 15) is 15.3 Å². The minimum Gasteiger partial charge on any atom is -0.388 e. The molecule has 2 heterocycles. The molecule has 5 aliphatic carbocycles. The van der Waals surface area contributed by atoms with Crippen molar-refractivity contribution in [3.8, 4) is 0 Å². The zero-order valence-corrected chi connectivity index (χ0v) is 27.2. The Balaban J connectivity index is 1.13. The van der Waals surface area contributed by atoms with Crippen LogP contribution in [0.25, 0.3) is 0 Å². The highest BCUT2D eigenvalue weighted by Crippen LogP contribution is 2.68. The van der Waals surface area contributed by atoms with Gasteiger partial charge in [-0.2, -0.15) is 0 Å². The molecule has 45 heavy (non-hydrogen) atoms. The molecule has 0 radical (unpaired) electrons. The molecule has 1 spiro atoms. The summed E-state index contributed by atoms with van der Waals surface area (Å²) in [6.07, 6.45) is 18.1. The topological polar surface area (TPSA) is 88.4 Å². The van der Waals surface area contributed by atoms with Gasteiger partial charge in [-0.3, -0.25) is 0 Å². The fourth-order valence-corrected chi connectivity index (χ4v) is 11.0. The lowest BCUT2D eigenvalue weighted by Gasteiger charge is -2.57. The Labute approximate surface area is 269 Å². The second kappa shape index (κ2) is 11.6. The fraction of sp³-hybridized carbons (Fsp3) is 0.744. The zero-order chi connectivity index (χ0) is 30.9. The summed E-state index contributed by atoms with van der Waals surface area (Å²) in [5, 5.41) is 35.7. The van der Waals surface area contributed by atoms with E-state index in [1.165, 1.54) is 16.7 Å². The van der Waals surface area contributed by atoms with Gasteiger partial charge in [-0.25, -0.2) is 0 Å². The Morgan fingerprint density at radius 3 is 2.53 bits per heavy atom. The number of aliphatic hydroxyl groups is 3. The maximum Gasteiger partial charge on any atom is 0.157 e. The van der Waals surface area contributed by atoms with Gasteiger partial charge in [0.1, 0.15) is 0 Å². The minimum atomic E-state index is -0.910. The van der Waals surface area contributed by atoms with Crippen molar-refractivity contribution in [2.75, 3.05) is 19.8 Å². The zero-order valence-electron chi connectivity index (χ0n) is 27.2. The molecular weight excluding hydrogens is 564 g/mol. The van der Waals surface area contributed by atoms with Crippen LogP contribution < -0.4 is 0 Å². The van der Waals surface area contributed by atoms with Crippen LogP contribution in [0.15, 0.2) is 47.6 Å². The van der Waals surface area contributed by atoms with E-state index in [0.717, 1.165) is 115 Å². The predicted molar refractivity (Wildman–Crippen MR) is 172 cm³/mol. The van der Waals surface area contributed by atoms with Crippen LogP contribution in [-0.2, 0) is 14.2 Å². The Bertz CT molecular complexity index is 1300. The largest absolute Gasteiger partial charge is 0.388 e. The first-order valence-electron chi connectivity index (χ1n) is 18.2. The molecule has 0 amide bonds. The van der Waals surface area contributed by atoms with Crippen molar-refractivity contribution < 1.29 is 29.5 Å². The summed E-state index contributed by atoms with van der Waals surface area (Å²) in [7, 11) is 0. The second-order valence-electron chi connectivity index (χ2n) is 16.1. The van der Waals surface area contributed by atoms with Crippen LogP contribution in [0.3, 0.4) is 0 Å². The van der Waals surface area contributed by atoms with Gasteiger partial charge in [-0.1, -0.05) is 48.9 Å². The monoisotopic (exact) mass is 618 g/mol. The second-order valence-corrected chi connectivity index (χ2v) is 16.1. The third-order valence-corrected chi connectivity index (χ3v) is 13.6. The lowest BCUT2D eigenvalue weighted by Crippen LogP contribution is -2.55. The van der Waals surface area contributed by atoms with E-state index in [2.05, 4.69) is 37.3 Å². The standard InChI is InChI=1S/C39H54O6/c1-36-24-30(26-7-9-27(10-8-26)35(40)28-11-12-28)34-29(13-19-38(41)25-37(16-4-23-45-37)18-14-32(34)38)31(36)15-20-39(36,42)17-5-22-44-33-6-2-3-21-43-33/h5,7-10,17,28-31,33,35,40-42H,2-4,6,11-16,18-25H2,1H3/b17-5-/t29?,30-,31?,33?,35?,36+,37?,38-,39+/m1/s1. The summed E-state index contributed by atoms with van der Waals surface area (Å²) < 4.78 is 18.1. The number of aliphatic hydroxyl groups excluding tert-OH is 1. The van der Waals surface area contributed by atoms with Crippen molar-refractivity contribution >= 4 is 0 Å². The van der Waals surface area contributed by atoms with Gasteiger partial charge < -0.3 is 29.5 Å². The molecule has 3 N–H and O–H groups in total. The number of hydrogen-bond donors (Lipinski definition) is 3. The molecule has 6 nitrogen and oxygen atoms in total. The molecule has 6 fully saturated rings. The molecule has 9 atom stereocenters. The van der Waals surface area contributed by atoms with Crippen molar-refractivity contribution in [3.63, 3.8) is 0 Å². The van der Waals surface area contributed by atoms with Crippen molar-refractivity contribution in [3.05, 3.63) is 58.7 Å². The predicted octanol–water partition coefficient (Wildman–Crippen LogP) is 7.03. The van der Waals surface area contributed by atoms with Crippen LogP contribution in [0.5, 0.6) is 0 Å². The van der Waals surface area contributed by atoms with Gasteiger partial charge >= 0.3 is 0 Å². The summed E-state index contributed by atoms with van der Waals surface area (Å²) in [6.45, 7) is 4.38. The van der Waals surface area contributed by atoms with Crippen LogP contribution in [-0.4, -0.2) is 58.2 Å². The third kappa shape index (κ3) is 5.31. The highest BCUT2D eigenvalue weighted by atomic mass is 16.7. The Morgan fingerprint density at radius 1 is 0.956 bits per heavy atom. The smallest absolute Gasteiger partial charge is 0.157 e. The highest BCUT2D eigenvalue weighted by Gasteiger charge is 2.64. The van der Waals surface area contributed by atoms with Crippen molar-refractivity contribution in [2.45, 2.75) is 138 Å². The fourth-order valence-electron chi connectivity index (χ4n) is 11.0. The van der Waals surface area contributed by atoms with Crippen LogP contribution in [0, 0.1) is 23.2 Å². The molecule has 5 unspecified atom stereocenters. The molecule has 8 rings (SSSR count). The van der Waals surface area contributed by atoms with Crippen LogP contribution in [0.2, 0.25) is 0 Å². The summed E-state index contributed by atoms with van der Waals surface area (Å²) in [5.41, 5.74) is 2.87. The van der Waals surface area contributed by atoms with E-state index < -0.39 is 11.2 Å². The van der Waals surface area contributed by atoms with Crippen molar-refractivity contribution in [2.24, 2.45) is 23.2 Å². The summed E-state index contributed by atoms with van der Waals surface area (Å²) in [6, 6.07) is 8.74. The van der Waals surface area contributed by atoms with Gasteiger partial charge in [0.15, 0.2) is 6.29 Å². The first-order valence-corrected chi connectivity index (χ1v) is 18.2. The third-order valence-electron chi connectivity index (χ3n) is 13.6. The van der Waals surface area contributed by atoms with Gasteiger partial charge in [0.25, 0.3) is 0 Å². The number of rotatable bonds is 7. The number of ether oxygens (including phenoxy) is 3. The number of benzene rings is 1. The van der Waals surface area contributed by atoms with Crippen LogP contribution in [0.1, 0.15) is 126 Å². The highest BCUT2D eigenvalue weighted by molar-refractivity contribution is 5.45. The molecule has 0 bridgehead atoms. The molecule has 1 aromatic carbocycles. The average Bonchev–Trinajstić information content (AvgIpc) is 3.75. The molecule has 2 aliphatic heterocycles. The van der Waals surface area contributed by atoms with E-state index >= 15 is 0 Å². The Morgan fingerprint density at radius 2 is 1.80 bits per heavy atom. The van der Waals surface area contributed by atoms with E-state index in [0.29, 0.717) is 24.4 Å². The lowest BCUT2D eigenvalue weighted by molar-refractivity contribution is -0.155. The van der Waals surface area contributed by atoms with E-state index in [1.54, 1.807) is 0 Å². The maximum absolute atomic E-state index is 12.5. The van der Waals surface area contributed by atoms with Gasteiger partial charge in [0, 0.05) is 31.0 Å². The first kappa shape index (κ1) is 30.8. The van der Waals surface area contributed by atoms with E-state index in [-0.39, 0.29) is 29.3 Å². The normalized spacial score (nSPS) is 43.8. The van der Waals surface area contributed by atoms with Gasteiger partial charge in [-0.05, 0) is 124 Å². The minimum absolute atomic E-state index is 0.133. The van der Waals surface area contributed by atoms with Gasteiger partial charge in [-0.15, -0.1) is 0 Å². The lowest BCUT2D eigenvalue weighted by atomic mass is 9.49. The van der Waals surface area contributed by atoms with Crippen LogP contribution >= 0.6 is 0 Å². The SMILES string of the molecule is C[C@]12C[C@H](c3ccc(C(O)C4CC4)cc3)C3=C4CCC5(CCCO5)C[C@]4(O)CCC3C1CC[C@@]2(O)/C=C\COC1CCCCO1. The molecule has 4 saturated carbocycles. The van der Waals surface area contributed by atoms with E-state index in [4.69, 9.17) is 14.2 Å². The number of fused-ring (bicyclic) bond motifs is 4. The Kier molecular flexibility index (Phi) is 7.90. The summed E-state index contributed by atoms with van der Waals surface area (Å²) in [4.78, 5) is 0. The summed E-state index contributed by atoms with van der Waals surface area (Å²) >= 11 is 0. The number of allylic oxidation sites excluding steroid dienone is 1. The molecule has 7 aliphatic rings. The molecule has 2 saturated heterocycles. The number of hydrogen-bond acceptors (Lipinski definition) is 6. The Hall–Kier alpha value is -1.54. The molecule has 6 heteroatoms. The molecular formula is C39H54O6. The quantitative estimate of drug-likeness (QED) is 0.284. The van der Waals surface area contributed by atoms with E-state index in [1.807, 2.05) is 6.08 Å². The van der Waals surface area contributed by atoms with Crippen molar-refractivity contribution in [1.82, 2.24) is 0 Å². The molecule has 0 aromatic heterocycles. The van der Waals surface area contributed by atoms with Crippen molar-refractivity contribution in [1.29, 1.82) is 0 Å². The average molecular weight is 619 g/mol. The first-order chi connectivity index (χ1) is 21.7. The summed E-state index contributed by atoms with van der Waals surface area (Å²) in [5.74, 6) is 1.25.